The van der Waals surface area contributed by atoms with Crippen LogP contribution in [-0.2, 0) is 6.54 Å². The van der Waals surface area contributed by atoms with Crippen LogP contribution in [0.1, 0.15) is 5.82 Å². The molecule has 0 amide bonds. The first-order valence-electron chi connectivity index (χ1n) is 9.44. The molecule has 5 rings (SSSR count). The standard InChI is InChI=1S/C21H19ClN4O2S/c22-14-3-1-4-15(11-14)26-8-6-25(7-9-26)12-18-23-20(27)19-16(13-29-21(19)24-18)17-5-2-10-28-17/h1-5,10-11,13H,6-9,12H2,(H,23,24,27). The van der Waals surface area contributed by atoms with Crippen molar-refractivity contribution in [3.05, 3.63) is 69.2 Å². The lowest BCUT2D eigenvalue weighted by Gasteiger charge is -2.35. The molecule has 0 bridgehead atoms. The molecule has 6 nitrogen and oxygen atoms in total. The van der Waals surface area contributed by atoms with Gasteiger partial charge in [0, 0.05) is 47.8 Å². The molecule has 4 aromatic rings. The molecule has 1 aromatic carbocycles. The Morgan fingerprint density at radius 2 is 2.03 bits per heavy atom. The van der Waals surface area contributed by atoms with E-state index in [-0.39, 0.29) is 5.56 Å². The zero-order chi connectivity index (χ0) is 19.8. The topological polar surface area (TPSA) is 65.4 Å². The van der Waals surface area contributed by atoms with Gasteiger partial charge >= 0.3 is 0 Å². The highest BCUT2D eigenvalue weighted by Gasteiger charge is 2.20. The number of hydrogen-bond acceptors (Lipinski definition) is 6. The summed E-state index contributed by atoms with van der Waals surface area (Å²) in [5.41, 5.74) is 1.83. The Hall–Kier alpha value is -2.61. The number of benzene rings is 1. The normalized spacial score (nSPS) is 15.3. The number of rotatable bonds is 4. The highest BCUT2D eigenvalue weighted by Crippen LogP contribution is 2.31. The number of aromatic nitrogens is 2. The number of H-pyrrole nitrogens is 1. The third kappa shape index (κ3) is 3.69. The van der Waals surface area contributed by atoms with Crippen molar-refractivity contribution in [2.45, 2.75) is 6.54 Å². The average Bonchev–Trinajstić information content (AvgIpc) is 3.38. The van der Waals surface area contributed by atoms with Crippen molar-refractivity contribution >= 4 is 38.8 Å². The average molecular weight is 427 g/mol. The van der Waals surface area contributed by atoms with Crippen molar-refractivity contribution in [2.75, 3.05) is 31.1 Å². The van der Waals surface area contributed by atoms with Gasteiger partial charge in [-0.1, -0.05) is 17.7 Å². The largest absolute Gasteiger partial charge is 0.464 e. The minimum atomic E-state index is -0.116. The van der Waals surface area contributed by atoms with Crippen LogP contribution in [0.4, 0.5) is 5.69 Å². The van der Waals surface area contributed by atoms with Gasteiger partial charge in [-0.2, -0.15) is 0 Å². The summed E-state index contributed by atoms with van der Waals surface area (Å²) in [6.45, 7) is 4.25. The van der Waals surface area contributed by atoms with E-state index in [4.69, 9.17) is 21.0 Å². The van der Waals surface area contributed by atoms with E-state index in [0.717, 1.165) is 47.3 Å². The fourth-order valence-corrected chi connectivity index (χ4v) is 4.86. The highest BCUT2D eigenvalue weighted by molar-refractivity contribution is 7.17. The molecular weight excluding hydrogens is 408 g/mol. The molecule has 0 unspecified atom stereocenters. The number of anilines is 1. The smallest absolute Gasteiger partial charge is 0.260 e. The third-order valence-corrected chi connectivity index (χ3v) is 6.31. The van der Waals surface area contributed by atoms with Gasteiger partial charge in [0.25, 0.3) is 5.56 Å². The van der Waals surface area contributed by atoms with Crippen molar-refractivity contribution in [3.8, 4) is 11.3 Å². The number of hydrogen-bond donors (Lipinski definition) is 1. The Bertz CT molecular complexity index is 1190. The van der Waals surface area contributed by atoms with Crippen LogP contribution in [0.3, 0.4) is 0 Å². The number of aromatic amines is 1. The Morgan fingerprint density at radius 1 is 1.17 bits per heavy atom. The van der Waals surface area contributed by atoms with Gasteiger partial charge in [0.1, 0.15) is 16.4 Å². The highest BCUT2D eigenvalue weighted by atomic mass is 35.5. The SMILES string of the molecule is O=c1[nH]c(CN2CCN(c3cccc(Cl)c3)CC2)nc2scc(-c3ccco3)c12. The molecule has 0 radical (unpaired) electrons. The number of nitrogens with zero attached hydrogens (tertiary/aromatic N) is 3. The summed E-state index contributed by atoms with van der Waals surface area (Å²) in [5.74, 6) is 1.39. The number of halogens is 1. The van der Waals surface area contributed by atoms with Crippen molar-refractivity contribution in [3.63, 3.8) is 0 Å². The lowest BCUT2D eigenvalue weighted by atomic mass is 10.2. The number of thiophene rings is 1. The van der Waals surface area contributed by atoms with Gasteiger partial charge in [-0.3, -0.25) is 9.69 Å². The van der Waals surface area contributed by atoms with Crippen LogP contribution in [0.5, 0.6) is 0 Å². The van der Waals surface area contributed by atoms with Gasteiger partial charge in [0.2, 0.25) is 0 Å². The quantitative estimate of drug-likeness (QED) is 0.529. The van der Waals surface area contributed by atoms with Gasteiger partial charge in [-0.15, -0.1) is 11.3 Å². The second kappa shape index (κ2) is 7.67. The maximum absolute atomic E-state index is 12.7. The van der Waals surface area contributed by atoms with Crippen LogP contribution >= 0.6 is 22.9 Å². The molecular formula is C21H19ClN4O2S. The number of piperazine rings is 1. The second-order valence-corrected chi connectivity index (χ2v) is 8.36. The van der Waals surface area contributed by atoms with Crippen molar-refractivity contribution < 1.29 is 4.42 Å². The molecule has 8 heteroatoms. The fourth-order valence-electron chi connectivity index (χ4n) is 3.73. The first-order valence-corrected chi connectivity index (χ1v) is 10.7. The fraction of sp³-hybridized carbons (Fsp3) is 0.238. The lowest BCUT2D eigenvalue weighted by molar-refractivity contribution is 0.244. The lowest BCUT2D eigenvalue weighted by Crippen LogP contribution is -2.46. The predicted molar refractivity (Wildman–Crippen MR) is 117 cm³/mol. The molecule has 1 aliphatic rings. The molecule has 0 aliphatic carbocycles. The summed E-state index contributed by atoms with van der Waals surface area (Å²) in [7, 11) is 0. The summed E-state index contributed by atoms with van der Waals surface area (Å²) in [4.78, 5) is 25.8. The van der Waals surface area contributed by atoms with E-state index >= 15 is 0 Å². The van der Waals surface area contributed by atoms with E-state index < -0.39 is 0 Å². The van der Waals surface area contributed by atoms with Crippen LogP contribution < -0.4 is 10.5 Å². The molecule has 1 N–H and O–H groups in total. The molecule has 148 valence electrons. The van der Waals surface area contributed by atoms with Gasteiger partial charge < -0.3 is 14.3 Å². The zero-order valence-electron chi connectivity index (χ0n) is 15.6. The van der Waals surface area contributed by atoms with E-state index in [1.807, 2.05) is 35.7 Å². The predicted octanol–water partition coefficient (Wildman–Crippen LogP) is 4.22. The van der Waals surface area contributed by atoms with Crippen LogP contribution in [-0.4, -0.2) is 41.0 Å². The van der Waals surface area contributed by atoms with E-state index in [0.29, 0.717) is 23.5 Å². The first-order chi connectivity index (χ1) is 14.2. The van der Waals surface area contributed by atoms with Crippen molar-refractivity contribution in [1.82, 2.24) is 14.9 Å². The van der Waals surface area contributed by atoms with Crippen molar-refractivity contribution in [1.29, 1.82) is 0 Å². The summed E-state index contributed by atoms with van der Waals surface area (Å²) in [5, 5.41) is 3.28. The molecule has 0 atom stereocenters. The minimum Gasteiger partial charge on any atom is -0.464 e. The molecule has 0 saturated carbocycles. The van der Waals surface area contributed by atoms with E-state index in [2.05, 4.69) is 20.9 Å². The third-order valence-electron chi connectivity index (χ3n) is 5.20. The van der Waals surface area contributed by atoms with Gasteiger partial charge in [-0.25, -0.2) is 4.98 Å². The summed E-state index contributed by atoms with van der Waals surface area (Å²) >= 11 is 7.58. The molecule has 4 heterocycles. The van der Waals surface area contributed by atoms with Gasteiger partial charge in [0.05, 0.1) is 18.2 Å². The number of nitrogens with one attached hydrogen (secondary N) is 1. The molecule has 29 heavy (non-hydrogen) atoms. The van der Waals surface area contributed by atoms with Gasteiger partial charge in [0.15, 0.2) is 0 Å². The van der Waals surface area contributed by atoms with E-state index in [1.165, 1.54) is 11.3 Å². The van der Waals surface area contributed by atoms with Crippen LogP contribution in [0.25, 0.3) is 21.5 Å². The second-order valence-electron chi connectivity index (χ2n) is 7.06. The van der Waals surface area contributed by atoms with Crippen LogP contribution in [0.15, 0.2) is 57.3 Å². The summed E-state index contributed by atoms with van der Waals surface area (Å²) in [6.07, 6.45) is 1.61. The van der Waals surface area contributed by atoms with E-state index in [1.54, 1.807) is 6.26 Å². The maximum Gasteiger partial charge on any atom is 0.260 e. The Kier molecular flexibility index (Phi) is 4.87. The Morgan fingerprint density at radius 3 is 2.79 bits per heavy atom. The number of fused-ring (bicyclic) bond motifs is 1. The van der Waals surface area contributed by atoms with E-state index in [9.17, 15) is 4.79 Å². The molecule has 3 aromatic heterocycles. The molecule has 1 fully saturated rings. The maximum atomic E-state index is 12.7. The van der Waals surface area contributed by atoms with Crippen LogP contribution in [0.2, 0.25) is 5.02 Å². The molecule has 1 saturated heterocycles. The Labute approximate surface area is 176 Å². The zero-order valence-corrected chi connectivity index (χ0v) is 17.2. The number of furan rings is 1. The molecule has 0 spiro atoms. The summed E-state index contributed by atoms with van der Waals surface area (Å²) < 4.78 is 5.45. The summed E-state index contributed by atoms with van der Waals surface area (Å²) in [6, 6.07) is 11.6. The van der Waals surface area contributed by atoms with Crippen molar-refractivity contribution in [2.24, 2.45) is 0 Å². The van der Waals surface area contributed by atoms with Gasteiger partial charge in [-0.05, 0) is 30.3 Å². The first kappa shape index (κ1) is 18.4. The van der Waals surface area contributed by atoms with Crippen LogP contribution in [0, 0.1) is 0 Å². The Balaban J connectivity index is 1.31. The minimum absolute atomic E-state index is 0.116. The monoisotopic (exact) mass is 426 g/mol. The molecule has 1 aliphatic heterocycles.